The second-order valence-corrected chi connectivity index (χ2v) is 5.08. The van der Waals surface area contributed by atoms with E-state index in [0.29, 0.717) is 18.3 Å². The molecule has 1 aromatic carbocycles. The van der Waals surface area contributed by atoms with Crippen LogP contribution < -0.4 is 5.32 Å². The Morgan fingerprint density at radius 1 is 1.41 bits per heavy atom. The van der Waals surface area contributed by atoms with Crippen LogP contribution in [0.5, 0.6) is 0 Å². The number of Topliss-reactive ketones (excluding diaryl/α,β-unsaturated/α-hetero) is 1. The highest BCUT2D eigenvalue weighted by Gasteiger charge is 2.22. The molecule has 2 rings (SSSR count). The quantitative estimate of drug-likeness (QED) is 0.807. The second-order valence-electron chi connectivity index (χ2n) is 5.08. The Morgan fingerprint density at radius 2 is 2.18 bits per heavy atom. The van der Waals surface area contributed by atoms with Crippen molar-refractivity contribution in [2.24, 2.45) is 11.8 Å². The summed E-state index contributed by atoms with van der Waals surface area (Å²) in [5.41, 5.74) is 0.850. The number of nitrogens with one attached hydrogen (secondary N) is 1. The first-order valence-corrected chi connectivity index (χ1v) is 6.56. The molecule has 0 aromatic heterocycles. The van der Waals surface area contributed by atoms with Crippen molar-refractivity contribution in [3.05, 3.63) is 35.9 Å². The molecule has 0 saturated carbocycles. The lowest BCUT2D eigenvalue weighted by Crippen LogP contribution is -2.34. The largest absolute Gasteiger partial charge is 0.316 e. The van der Waals surface area contributed by atoms with Gasteiger partial charge in [-0.15, -0.1) is 0 Å². The average molecular weight is 231 g/mol. The number of hydrogen-bond donors (Lipinski definition) is 1. The Labute approximate surface area is 103 Å². The summed E-state index contributed by atoms with van der Waals surface area (Å²) in [7, 11) is 0. The molecule has 1 aromatic rings. The number of benzene rings is 1. The predicted octanol–water partition coefficient (Wildman–Crippen LogP) is 2.90. The van der Waals surface area contributed by atoms with Gasteiger partial charge < -0.3 is 5.32 Å². The lowest BCUT2D eigenvalue weighted by Gasteiger charge is -2.28. The third kappa shape index (κ3) is 3.40. The van der Waals surface area contributed by atoms with Crippen LogP contribution in [0, 0.1) is 11.8 Å². The van der Waals surface area contributed by atoms with Crippen LogP contribution in [0.3, 0.4) is 0 Å². The van der Waals surface area contributed by atoms with Gasteiger partial charge in [0.05, 0.1) is 0 Å². The Bertz CT molecular complexity index is 354. The van der Waals surface area contributed by atoms with Gasteiger partial charge >= 0.3 is 0 Å². The van der Waals surface area contributed by atoms with Crippen LogP contribution in [0.25, 0.3) is 0 Å². The zero-order valence-corrected chi connectivity index (χ0v) is 10.5. The maximum absolute atomic E-state index is 12.1. The average Bonchev–Trinajstić information content (AvgIpc) is 2.40. The molecule has 2 nitrogen and oxygen atoms in total. The zero-order valence-electron chi connectivity index (χ0n) is 10.5. The van der Waals surface area contributed by atoms with E-state index in [9.17, 15) is 4.79 Å². The van der Waals surface area contributed by atoms with Gasteiger partial charge in [-0.1, -0.05) is 37.3 Å². The van der Waals surface area contributed by atoms with Crippen molar-refractivity contribution >= 4 is 5.78 Å². The number of carbonyl (C=O) groups excluding carboxylic acids is 1. The van der Waals surface area contributed by atoms with E-state index in [-0.39, 0.29) is 5.78 Å². The molecule has 2 atom stereocenters. The standard InChI is InChI=1S/C15H21NO/c1-12(14-8-5-9-16-11-14)10-15(17)13-6-3-2-4-7-13/h2-4,6-7,12,14,16H,5,8-11H2,1H3. The summed E-state index contributed by atoms with van der Waals surface area (Å²) in [5.74, 6) is 1.43. The van der Waals surface area contributed by atoms with Crippen molar-refractivity contribution in [1.29, 1.82) is 0 Å². The summed E-state index contributed by atoms with van der Waals surface area (Å²) in [6, 6.07) is 9.63. The fourth-order valence-corrected chi connectivity index (χ4v) is 2.57. The maximum Gasteiger partial charge on any atom is 0.163 e. The van der Waals surface area contributed by atoms with Crippen LogP contribution in [0.2, 0.25) is 0 Å². The third-order valence-corrected chi connectivity index (χ3v) is 3.74. The van der Waals surface area contributed by atoms with E-state index in [0.717, 1.165) is 18.7 Å². The van der Waals surface area contributed by atoms with Crippen LogP contribution in [0.15, 0.2) is 30.3 Å². The van der Waals surface area contributed by atoms with Crippen LogP contribution in [-0.4, -0.2) is 18.9 Å². The third-order valence-electron chi connectivity index (χ3n) is 3.74. The van der Waals surface area contributed by atoms with E-state index < -0.39 is 0 Å². The maximum atomic E-state index is 12.1. The van der Waals surface area contributed by atoms with Gasteiger partial charge in [0.15, 0.2) is 5.78 Å². The number of ketones is 1. The molecule has 0 radical (unpaired) electrons. The molecule has 0 aliphatic carbocycles. The Kier molecular flexibility index (Phi) is 4.32. The highest BCUT2D eigenvalue weighted by Crippen LogP contribution is 2.23. The molecule has 17 heavy (non-hydrogen) atoms. The van der Waals surface area contributed by atoms with E-state index in [1.807, 2.05) is 30.3 Å². The monoisotopic (exact) mass is 231 g/mol. The minimum absolute atomic E-state index is 0.281. The Hall–Kier alpha value is -1.15. The van der Waals surface area contributed by atoms with E-state index >= 15 is 0 Å². The summed E-state index contributed by atoms with van der Waals surface area (Å²) >= 11 is 0. The number of carbonyl (C=O) groups is 1. The van der Waals surface area contributed by atoms with E-state index in [2.05, 4.69) is 12.2 Å². The molecule has 1 aliphatic heterocycles. The van der Waals surface area contributed by atoms with Crippen molar-refractivity contribution < 1.29 is 4.79 Å². The van der Waals surface area contributed by atoms with Gasteiger partial charge in [-0.3, -0.25) is 4.79 Å². The van der Waals surface area contributed by atoms with Crippen LogP contribution in [-0.2, 0) is 0 Å². The van der Waals surface area contributed by atoms with E-state index in [1.54, 1.807) is 0 Å². The summed E-state index contributed by atoms with van der Waals surface area (Å²) in [6.45, 7) is 4.41. The SMILES string of the molecule is CC(CC(=O)c1ccccc1)C1CCCNC1. The molecule has 1 N–H and O–H groups in total. The summed E-state index contributed by atoms with van der Waals surface area (Å²) in [6.07, 6.45) is 3.18. The van der Waals surface area contributed by atoms with Crippen molar-refractivity contribution in [2.75, 3.05) is 13.1 Å². The smallest absolute Gasteiger partial charge is 0.163 e. The predicted molar refractivity (Wildman–Crippen MR) is 70.1 cm³/mol. The normalized spacial score (nSPS) is 22.1. The minimum Gasteiger partial charge on any atom is -0.316 e. The first kappa shape index (κ1) is 12.3. The number of piperidine rings is 1. The molecule has 1 fully saturated rings. The van der Waals surface area contributed by atoms with Gasteiger partial charge in [-0.05, 0) is 37.8 Å². The van der Waals surface area contributed by atoms with Gasteiger partial charge in [-0.2, -0.15) is 0 Å². The molecule has 0 spiro atoms. The molecule has 1 aliphatic rings. The highest BCUT2D eigenvalue weighted by molar-refractivity contribution is 5.96. The van der Waals surface area contributed by atoms with Crippen molar-refractivity contribution in [3.63, 3.8) is 0 Å². The molecule has 2 unspecified atom stereocenters. The molecular formula is C15H21NO. The molecule has 92 valence electrons. The fraction of sp³-hybridized carbons (Fsp3) is 0.533. The van der Waals surface area contributed by atoms with E-state index in [1.165, 1.54) is 12.8 Å². The second kappa shape index (κ2) is 5.97. The van der Waals surface area contributed by atoms with Gasteiger partial charge in [0.25, 0.3) is 0 Å². The van der Waals surface area contributed by atoms with Gasteiger partial charge in [-0.25, -0.2) is 0 Å². The summed E-state index contributed by atoms with van der Waals surface area (Å²) < 4.78 is 0. The molecular weight excluding hydrogens is 210 g/mol. The molecule has 1 heterocycles. The summed E-state index contributed by atoms with van der Waals surface area (Å²) in [5, 5.41) is 3.42. The lowest BCUT2D eigenvalue weighted by molar-refractivity contribution is 0.0943. The van der Waals surface area contributed by atoms with Gasteiger partial charge in [0, 0.05) is 12.0 Å². The highest BCUT2D eigenvalue weighted by atomic mass is 16.1. The number of hydrogen-bond acceptors (Lipinski definition) is 2. The lowest BCUT2D eigenvalue weighted by atomic mass is 9.83. The van der Waals surface area contributed by atoms with E-state index in [4.69, 9.17) is 0 Å². The van der Waals surface area contributed by atoms with Crippen molar-refractivity contribution in [2.45, 2.75) is 26.2 Å². The molecule has 0 bridgehead atoms. The topological polar surface area (TPSA) is 29.1 Å². The van der Waals surface area contributed by atoms with Gasteiger partial charge in [0.1, 0.15) is 0 Å². The Balaban J connectivity index is 1.89. The number of rotatable bonds is 4. The van der Waals surface area contributed by atoms with Crippen LogP contribution >= 0.6 is 0 Å². The molecule has 0 amide bonds. The Morgan fingerprint density at radius 3 is 2.82 bits per heavy atom. The molecule has 2 heteroatoms. The van der Waals surface area contributed by atoms with Crippen LogP contribution in [0.4, 0.5) is 0 Å². The van der Waals surface area contributed by atoms with Crippen molar-refractivity contribution in [3.8, 4) is 0 Å². The van der Waals surface area contributed by atoms with Gasteiger partial charge in [0.2, 0.25) is 0 Å². The zero-order chi connectivity index (χ0) is 12.1. The minimum atomic E-state index is 0.281. The fourth-order valence-electron chi connectivity index (χ4n) is 2.57. The first-order chi connectivity index (χ1) is 8.27. The first-order valence-electron chi connectivity index (χ1n) is 6.56. The van der Waals surface area contributed by atoms with Crippen molar-refractivity contribution in [1.82, 2.24) is 5.32 Å². The van der Waals surface area contributed by atoms with Crippen LogP contribution in [0.1, 0.15) is 36.5 Å². The summed E-state index contributed by atoms with van der Waals surface area (Å²) in [4.78, 5) is 12.1. The molecule has 1 saturated heterocycles.